The third-order valence-corrected chi connectivity index (χ3v) is 8.44. The number of rotatable bonds is 8. The number of benzene rings is 3. The van der Waals surface area contributed by atoms with Crippen LogP contribution >= 0.6 is 0 Å². The summed E-state index contributed by atoms with van der Waals surface area (Å²) >= 11 is 0. The summed E-state index contributed by atoms with van der Waals surface area (Å²) in [5.74, 6) is -1.93. The smallest absolute Gasteiger partial charge is 0.326 e. The van der Waals surface area contributed by atoms with Gasteiger partial charge in [0.05, 0.1) is 25.9 Å². The van der Waals surface area contributed by atoms with E-state index in [0.717, 1.165) is 17.0 Å². The van der Waals surface area contributed by atoms with Gasteiger partial charge in [-0.05, 0) is 42.5 Å². The Morgan fingerprint density at radius 3 is 2.16 bits per heavy atom. The number of nitrogens with zero attached hydrogens (tertiary/aromatic N) is 1. The van der Waals surface area contributed by atoms with Crippen molar-refractivity contribution in [3.05, 3.63) is 83.9 Å². The molecule has 0 aromatic heterocycles. The number of hydrogen-bond acceptors (Lipinski definition) is 5. The lowest BCUT2D eigenvalue weighted by molar-refractivity contribution is -0.139. The second-order valence-electron chi connectivity index (χ2n) is 7.85. The van der Waals surface area contributed by atoms with Gasteiger partial charge in [0.15, 0.2) is 0 Å². The standard InChI is InChI=1S/C23H20F5N3O5S2/c1-31(22(32)30-20-10-7-15(24)13-19(20)25)12-11-29-38(35,36)21-14-17(8-9-18(21)23(26,27)28)37(33,34)16-5-3-2-4-6-16/h2-10,13-14,29H,11-12H2,1H3,(H,30,32). The van der Waals surface area contributed by atoms with Gasteiger partial charge in [0.2, 0.25) is 19.9 Å². The van der Waals surface area contributed by atoms with E-state index in [1.54, 1.807) is 0 Å². The molecule has 0 saturated carbocycles. The molecule has 0 spiro atoms. The minimum atomic E-state index is -5.13. The Bertz CT molecular complexity index is 1550. The second kappa shape index (κ2) is 11.0. The van der Waals surface area contributed by atoms with Crippen LogP contribution in [-0.2, 0) is 26.0 Å². The summed E-state index contributed by atoms with van der Waals surface area (Å²) in [5.41, 5.74) is -1.94. The van der Waals surface area contributed by atoms with Crippen LogP contribution in [0.3, 0.4) is 0 Å². The Hall–Kier alpha value is -3.56. The average molecular weight is 578 g/mol. The van der Waals surface area contributed by atoms with Crippen molar-refractivity contribution in [1.29, 1.82) is 0 Å². The lowest BCUT2D eigenvalue weighted by Crippen LogP contribution is -2.38. The van der Waals surface area contributed by atoms with E-state index in [0.29, 0.717) is 24.3 Å². The number of carbonyl (C=O) groups excluding carboxylic acids is 1. The fourth-order valence-electron chi connectivity index (χ4n) is 3.19. The van der Waals surface area contributed by atoms with E-state index in [1.807, 2.05) is 4.72 Å². The molecule has 0 fully saturated rings. The first-order valence-electron chi connectivity index (χ1n) is 10.6. The number of urea groups is 1. The molecule has 0 unspecified atom stereocenters. The molecule has 3 aromatic carbocycles. The Morgan fingerprint density at radius 2 is 1.55 bits per heavy atom. The number of likely N-dealkylation sites (N-methyl/N-ethyl adjacent to an activating group) is 1. The maximum atomic E-state index is 13.7. The van der Waals surface area contributed by atoms with E-state index < -0.39 is 65.6 Å². The molecule has 0 aliphatic carbocycles. The predicted octanol–water partition coefficient (Wildman–Crippen LogP) is 4.26. The summed E-state index contributed by atoms with van der Waals surface area (Å²) in [4.78, 5) is 10.9. The van der Waals surface area contributed by atoms with Crippen LogP contribution in [-0.4, -0.2) is 47.9 Å². The molecule has 38 heavy (non-hydrogen) atoms. The Labute approximate surface area is 215 Å². The first kappa shape index (κ1) is 29.0. The lowest BCUT2D eigenvalue weighted by Gasteiger charge is -2.19. The number of alkyl halides is 3. The molecule has 0 aliphatic heterocycles. The fourth-order valence-corrected chi connectivity index (χ4v) is 5.84. The summed E-state index contributed by atoms with van der Waals surface area (Å²) in [7, 11) is -8.07. The molecule has 0 aliphatic rings. The maximum Gasteiger partial charge on any atom is 0.417 e. The fraction of sp³-hybridized carbons (Fsp3) is 0.174. The highest BCUT2D eigenvalue weighted by atomic mass is 32.2. The monoisotopic (exact) mass is 577 g/mol. The zero-order valence-corrected chi connectivity index (χ0v) is 21.1. The average Bonchev–Trinajstić information content (AvgIpc) is 2.85. The lowest BCUT2D eigenvalue weighted by atomic mass is 10.2. The van der Waals surface area contributed by atoms with Crippen LogP contribution in [0.4, 0.5) is 32.4 Å². The summed E-state index contributed by atoms with van der Waals surface area (Å²) < 4.78 is 121. The van der Waals surface area contributed by atoms with Crippen molar-refractivity contribution in [2.75, 3.05) is 25.5 Å². The molecule has 0 radical (unpaired) electrons. The normalized spacial score (nSPS) is 12.3. The minimum absolute atomic E-state index is 0.249. The maximum absolute atomic E-state index is 13.7. The molecule has 0 saturated heterocycles. The number of amides is 2. The number of nitrogens with one attached hydrogen (secondary N) is 2. The van der Waals surface area contributed by atoms with Crippen molar-refractivity contribution in [2.45, 2.75) is 20.9 Å². The van der Waals surface area contributed by atoms with Gasteiger partial charge in [-0.25, -0.2) is 35.1 Å². The van der Waals surface area contributed by atoms with Crippen LogP contribution < -0.4 is 10.0 Å². The van der Waals surface area contributed by atoms with Crippen molar-refractivity contribution in [3.8, 4) is 0 Å². The number of carbonyl (C=O) groups is 1. The molecule has 0 heterocycles. The molecule has 15 heteroatoms. The van der Waals surface area contributed by atoms with Crippen molar-refractivity contribution >= 4 is 31.6 Å². The molecule has 2 amide bonds. The minimum Gasteiger partial charge on any atom is -0.326 e. The molecule has 2 N–H and O–H groups in total. The van der Waals surface area contributed by atoms with Crippen LogP contribution in [0.5, 0.6) is 0 Å². The summed E-state index contributed by atoms with van der Waals surface area (Å²) in [6.07, 6.45) is -5.13. The Balaban J connectivity index is 1.80. The van der Waals surface area contributed by atoms with Crippen molar-refractivity contribution < 1.29 is 43.6 Å². The molecule has 204 valence electrons. The van der Waals surface area contributed by atoms with Crippen LogP contribution in [0.1, 0.15) is 5.56 Å². The molecule has 8 nitrogen and oxygen atoms in total. The molecule has 3 aromatic rings. The van der Waals surface area contributed by atoms with Crippen LogP contribution in [0.2, 0.25) is 0 Å². The van der Waals surface area contributed by atoms with Crippen LogP contribution in [0, 0.1) is 11.6 Å². The molecular formula is C23H20F5N3O5S2. The molecular weight excluding hydrogens is 557 g/mol. The topological polar surface area (TPSA) is 113 Å². The summed E-state index contributed by atoms with van der Waals surface area (Å²) in [5, 5.41) is 2.14. The van der Waals surface area contributed by atoms with Gasteiger partial charge in [-0.1, -0.05) is 18.2 Å². The summed E-state index contributed by atoms with van der Waals surface area (Å²) in [6.45, 7) is -0.956. The Morgan fingerprint density at radius 1 is 0.895 bits per heavy atom. The third-order valence-electron chi connectivity index (χ3n) is 5.17. The zero-order chi connectivity index (χ0) is 28.3. The molecule has 0 atom stereocenters. The van der Waals surface area contributed by atoms with Crippen molar-refractivity contribution in [3.63, 3.8) is 0 Å². The van der Waals surface area contributed by atoms with E-state index in [2.05, 4.69) is 5.32 Å². The molecule has 0 bridgehead atoms. The highest BCUT2D eigenvalue weighted by Gasteiger charge is 2.38. The zero-order valence-electron chi connectivity index (χ0n) is 19.5. The van der Waals surface area contributed by atoms with Crippen LogP contribution in [0.15, 0.2) is 81.4 Å². The van der Waals surface area contributed by atoms with Crippen molar-refractivity contribution in [1.82, 2.24) is 9.62 Å². The van der Waals surface area contributed by atoms with Gasteiger partial charge >= 0.3 is 12.2 Å². The second-order valence-corrected chi connectivity index (χ2v) is 11.5. The van der Waals surface area contributed by atoms with Gasteiger partial charge in [-0.15, -0.1) is 0 Å². The van der Waals surface area contributed by atoms with Gasteiger partial charge < -0.3 is 10.2 Å². The number of hydrogen-bond donors (Lipinski definition) is 2. The van der Waals surface area contributed by atoms with E-state index in [-0.39, 0.29) is 17.1 Å². The number of halogens is 5. The Kier molecular flexibility index (Phi) is 8.43. The van der Waals surface area contributed by atoms with Gasteiger partial charge in [0.25, 0.3) is 0 Å². The summed E-state index contributed by atoms with van der Waals surface area (Å²) in [6, 6.07) is 9.66. The van der Waals surface area contributed by atoms with E-state index in [9.17, 15) is 43.6 Å². The van der Waals surface area contributed by atoms with E-state index in [4.69, 9.17) is 0 Å². The first-order chi connectivity index (χ1) is 17.6. The number of sulfonamides is 1. The third kappa shape index (κ3) is 6.65. The van der Waals surface area contributed by atoms with Gasteiger partial charge in [-0.3, -0.25) is 0 Å². The highest BCUT2D eigenvalue weighted by molar-refractivity contribution is 7.91. The van der Waals surface area contributed by atoms with E-state index >= 15 is 0 Å². The molecule has 3 rings (SSSR count). The first-order valence-corrected chi connectivity index (χ1v) is 13.6. The number of sulfone groups is 1. The van der Waals surface area contributed by atoms with Crippen LogP contribution in [0.25, 0.3) is 0 Å². The van der Waals surface area contributed by atoms with Crippen molar-refractivity contribution in [2.24, 2.45) is 0 Å². The SMILES string of the molecule is CN(CCNS(=O)(=O)c1cc(S(=O)(=O)c2ccccc2)ccc1C(F)(F)F)C(=O)Nc1ccc(F)cc1F. The quantitative estimate of drug-likeness (QED) is 0.389. The number of anilines is 1. The predicted molar refractivity (Wildman–Crippen MR) is 127 cm³/mol. The van der Waals surface area contributed by atoms with Gasteiger partial charge in [0.1, 0.15) is 11.6 Å². The largest absolute Gasteiger partial charge is 0.417 e. The highest BCUT2D eigenvalue weighted by Crippen LogP contribution is 2.36. The van der Waals surface area contributed by atoms with Gasteiger partial charge in [-0.2, -0.15) is 13.2 Å². The van der Waals surface area contributed by atoms with Gasteiger partial charge in [0, 0.05) is 26.2 Å². The van der Waals surface area contributed by atoms with E-state index in [1.165, 1.54) is 37.4 Å².